The van der Waals surface area contributed by atoms with E-state index in [1.54, 1.807) is 0 Å². The monoisotopic (exact) mass is 186 g/mol. The second-order valence-corrected chi connectivity index (χ2v) is 4.86. The molecule has 0 aromatic heterocycles. The Hall–Kier alpha value is -0.0800. The van der Waals surface area contributed by atoms with Gasteiger partial charge in [0, 0.05) is 11.6 Å². The summed E-state index contributed by atoms with van der Waals surface area (Å²) in [5.74, 6) is 0. The van der Waals surface area contributed by atoms with Crippen LogP contribution in [0.25, 0.3) is 0 Å². The van der Waals surface area contributed by atoms with E-state index in [0.717, 1.165) is 13.0 Å². The van der Waals surface area contributed by atoms with Gasteiger partial charge in [-0.05, 0) is 47.2 Å². The molecule has 2 N–H and O–H groups in total. The molecule has 0 aliphatic heterocycles. The third-order valence-electron chi connectivity index (χ3n) is 2.57. The second kappa shape index (κ2) is 5.61. The highest BCUT2D eigenvalue weighted by Gasteiger charge is 2.14. The van der Waals surface area contributed by atoms with Crippen LogP contribution in [-0.4, -0.2) is 30.1 Å². The Labute approximate surface area is 83.5 Å². The maximum atomic E-state index is 5.93. The van der Waals surface area contributed by atoms with Crippen LogP contribution < -0.4 is 5.73 Å². The highest BCUT2D eigenvalue weighted by molar-refractivity contribution is 4.74. The van der Waals surface area contributed by atoms with Crippen molar-refractivity contribution in [1.29, 1.82) is 0 Å². The number of hydrogen-bond acceptors (Lipinski definition) is 2. The van der Waals surface area contributed by atoms with Gasteiger partial charge in [0.1, 0.15) is 0 Å². The van der Waals surface area contributed by atoms with Crippen LogP contribution in [0.1, 0.15) is 47.0 Å². The molecule has 13 heavy (non-hydrogen) atoms. The van der Waals surface area contributed by atoms with Gasteiger partial charge in [-0.2, -0.15) is 0 Å². The zero-order chi connectivity index (χ0) is 10.5. The number of nitrogens with zero attached hydrogens (tertiary/aromatic N) is 1. The van der Waals surface area contributed by atoms with E-state index in [4.69, 9.17) is 5.73 Å². The van der Waals surface area contributed by atoms with Gasteiger partial charge >= 0.3 is 0 Å². The zero-order valence-corrected chi connectivity index (χ0v) is 9.93. The fourth-order valence-corrected chi connectivity index (χ4v) is 1.32. The number of hydrogen-bond donors (Lipinski definition) is 1. The van der Waals surface area contributed by atoms with Gasteiger partial charge in [0.15, 0.2) is 0 Å². The van der Waals surface area contributed by atoms with E-state index in [1.165, 1.54) is 12.8 Å². The molecule has 0 heterocycles. The summed E-state index contributed by atoms with van der Waals surface area (Å²) in [7, 11) is 2.19. The SMILES string of the molecule is CCCC(C)N(C)CCC(C)(C)N. The predicted octanol–water partition coefficient (Wildman–Crippen LogP) is 2.23. The Bertz CT molecular complexity index is 127. The first-order chi connectivity index (χ1) is 5.87. The molecule has 0 amide bonds. The minimum atomic E-state index is -0.0276. The van der Waals surface area contributed by atoms with Gasteiger partial charge < -0.3 is 10.6 Å². The molecule has 0 fully saturated rings. The Morgan fingerprint density at radius 3 is 2.31 bits per heavy atom. The van der Waals surface area contributed by atoms with Gasteiger partial charge in [0.2, 0.25) is 0 Å². The van der Waals surface area contributed by atoms with Crippen molar-refractivity contribution in [2.75, 3.05) is 13.6 Å². The minimum absolute atomic E-state index is 0.0276. The zero-order valence-electron chi connectivity index (χ0n) is 9.93. The molecular formula is C11H26N2. The van der Waals surface area contributed by atoms with Crippen molar-refractivity contribution in [2.45, 2.75) is 58.5 Å². The van der Waals surface area contributed by atoms with Crippen molar-refractivity contribution in [3.8, 4) is 0 Å². The first kappa shape index (κ1) is 12.9. The van der Waals surface area contributed by atoms with Crippen LogP contribution in [0.15, 0.2) is 0 Å². The molecule has 0 aliphatic carbocycles. The molecule has 0 aliphatic rings. The van der Waals surface area contributed by atoms with Crippen molar-refractivity contribution in [2.24, 2.45) is 5.73 Å². The van der Waals surface area contributed by atoms with Crippen LogP contribution in [0.5, 0.6) is 0 Å². The van der Waals surface area contributed by atoms with E-state index in [2.05, 4.69) is 39.6 Å². The number of rotatable bonds is 6. The smallest absolute Gasteiger partial charge is 0.0109 e. The molecule has 0 spiro atoms. The highest BCUT2D eigenvalue weighted by atomic mass is 15.1. The first-order valence-corrected chi connectivity index (χ1v) is 5.36. The lowest BCUT2D eigenvalue weighted by atomic mass is 10.0. The van der Waals surface area contributed by atoms with Crippen LogP contribution in [0.3, 0.4) is 0 Å². The molecule has 0 aromatic rings. The van der Waals surface area contributed by atoms with E-state index in [1.807, 2.05) is 0 Å². The maximum Gasteiger partial charge on any atom is 0.0109 e. The van der Waals surface area contributed by atoms with Gasteiger partial charge in [-0.25, -0.2) is 0 Å². The average molecular weight is 186 g/mol. The Morgan fingerprint density at radius 2 is 1.92 bits per heavy atom. The van der Waals surface area contributed by atoms with Crippen LogP contribution in [0.4, 0.5) is 0 Å². The first-order valence-electron chi connectivity index (χ1n) is 5.36. The van der Waals surface area contributed by atoms with Gasteiger partial charge in [-0.3, -0.25) is 0 Å². The molecule has 0 radical (unpaired) electrons. The summed E-state index contributed by atoms with van der Waals surface area (Å²) in [5, 5.41) is 0. The maximum absolute atomic E-state index is 5.93. The van der Waals surface area contributed by atoms with Crippen molar-refractivity contribution in [3.63, 3.8) is 0 Å². The summed E-state index contributed by atoms with van der Waals surface area (Å²) in [6.45, 7) is 9.80. The van der Waals surface area contributed by atoms with Crippen LogP contribution in [-0.2, 0) is 0 Å². The van der Waals surface area contributed by atoms with Gasteiger partial charge in [-0.1, -0.05) is 13.3 Å². The molecule has 80 valence electrons. The Morgan fingerprint density at radius 1 is 1.38 bits per heavy atom. The normalized spacial score (nSPS) is 15.0. The van der Waals surface area contributed by atoms with Crippen LogP contribution in [0, 0.1) is 0 Å². The highest BCUT2D eigenvalue weighted by Crippen LogP contribution is 2.09. The van der Waals surface area contributed by atoms with Gasteiger partial charge in [0.05, 0.1) is 0 Å². The van der Waals surface area contributed by atoms with Crippen molar-refractivity contribution in [3.05, 3.63) is 0 Å². The lowest BCUT2D eigenvalue weighted by Gasteiger charge is -2.28. The standard InChI is InChI=1S/C11H26N2/c1-6-7-10(2)13(5)9-8-11(3,4)12/h10H,6-9,12H2,1-5H3. The summed E-state index contributed by atoms with van der Waals surface area (Å²) in [4.78, 5) is 2.40. The summed E-state index contributed by atoms with van der Waals surface area (Å²) in [5.41, 5.74) is 5.90. The van der Waals surface area contributed by atoms with Crippen molar-refractivity contribution >= 4 is 0 Å². The molecule has 1 atom stereocenters. The molecule has 1 unspecified atom stereocenters. The molecule has 0 bridgehead atoms. The quantitative estimate of drug-likeness (QED) is 0.689. The molecular weight excluding hydrogens is 160 g/mol. The third kappa shape index (κ3) is 7.03. The predicted molar refractivity (Wildman–Crippen MR) is 59.9 cm³/mol. The second-order valence-electron chi connectivity index (χ2n) is 4.86. The van der Waals surface area contributed by atoms with Crippen LogP contribution in [0.2, 0.25) is 0 Å². The summed E-state index contributed by atoms with van der Waals surface area (Å²) in [6.07, 6.45) is 3.61. The fourth-order valence-electron chi connectivity index (χ4n) is 1.32. The molecule has 2 heteroatoms. The summed E-state index contributed by atoms with van der Waals surface area (Å²) < 4.78 is 0. The molecule has 0 saturated heterocycles. The average Bonchev–Trinajstić information content (AvgIpc) is 1.99. The van der Waals surface area contributed by atoms with E-state index in [-0.39, 0.29) is 5.54 Å². The largest absolute Gasteiger partial charge is 0.326 e. The van der Waals surface area contributed by atoms with Crippen LogP contribution >= 0.6 is 0 Å². The fraction of sp³-hybridized carbons (Fsp3) is 1.00. The molecule has 0 saturated carbocycles. The topological polar surface area (TPSA) is 29.3 Å². The van der Waals surface area contributed by atoms with Crippen molar-refractivity contribution in [1.82, 2.24) is 4.90 Å². The Balaban J connectivity index is 3.67. The lowest BCUT2D eigenvalue weighted by Crippen LogP contribution is -2.38. The van der Waals surface area contributed by atoms with Gasteiger partial charge in [-0.15, -0.1) is 0 Å². The van der Waals surface area contributed by atoms with E-state index < -0.39 is 0 Å². The number of nitrogens with two attached hydrogens (primary N) is 1. The van der Waals surface area contributed by atoms with E-state index >= 15 is 0 Å². The summed E-state index contributed by atoms with van der Waals surface area (Å²) >= 11 is 0. The third-order valence-corrected chi connectivity index (χ3v) is 2.57. The van der Waals surface area contributed by atoms with E-state index in [9.17, 15) is 0 Å². The minimum Gasteiger partial charge on any atom is -0.326 e. The van der Waals surface area contributed by atoms with Gasteiger partial charge in [0.25, 0.3) is 0 Å². The molecule has 0 rings (SSSR count). The van der Waals surface area contributed by atoms with E-state index in [0.29, 0.717) is 6.04 Å². The van der Waals surface area contributed by atoms with Crippen molar-refractivity contribution < 1.29 is 0 Å². The molecule has 0 aromatic carbocycles. The summed E-state index contributed by atoms with van der Waals surface area (Å²) in [6, 6.07) is 0.687. The molecule has 2 nitrogen and oxygen atoms in total. The Kier molecular flexibility index (Phi) is 5.57. The lowest BCUT2D eigenvalue weighted by molar-refractivity contribution is 0.225.